The molecule has 23 heavy (non-hydrogen) atoms. The fraction of sp³-hybridized carbons (Fsp3) is 0.444. The molecular weight excluding hydrogens is 295 g/mol. The summed E-state index contributed by atoms with van der Waals surface area (Å²) in [6, 6.07) is 6.01. The summed E-state index contributed by atoms with van der Waals surface area (Å²) >= 11 is 0. The van der Waals surface area contributed by atoms with Crippen LogP contribution in [-0.2, 0) is 11.2 Å². The highest BCUT2D eigenvalue weighted by Gasteiger charge is 2.29. The molecule has 1 atom stereocenters. The molecule has 2 aromatic rings. The molecule has 4 nitrogen and oxygen atoms in total. The van der Waals surface area contributed by atoms with Crippen LogP contribution in [-0.4, -0.2) is 17.4 Å². The molecule has 1 fully saturated rings. The molecule has 1 aromatic carbocycles. The van der Waals surface area contributed by atoms with Gasteiger partial charge in [-0.1, -0.05) is 6.92 Å². The van der Waals surface area contributed by atoms with E-state index in [0.29, 0.717) is 31.2 Å². The topological polar surface area (TPSA) is 55.1 Å². The summed E-state index contributed by atoms with van der Waals surface area (Å²) in [5.74, 6) is 1.51. The van der Waals surface area contributed by atoms with Crippen molar-refractivity contribution < 1.29 is 13.6 Å². The third-order valence-electron chi connectivity index (χ3n) is 4.28. The molecule has 0 unspecified atom stereocenters. The minimum Gasteiger partial charge on any atom is -0.444 e. The van der Waals surface area contributed by atoms with Gasteiger partial charge in [-0.25, -0.2) is 9.37 Å². The second kappa shape index (κ2) is 6.94. The van der Waals surface area contributed by atoms with E-state index in [1.165, 1.54) is 25.0 Å². The van der Waals surface area contributed by atoms with Crippen LogP contribution in [0.3, 0.4) is 0 Å². The van der Waals surface area contributed by atoms with Crippen LogP contribution in [0.2, 0.25) is 0 Å². The summed E-state index contributed by atoms with van der Waals surface area (Å²) in [5, 5.41) is 2.93. The van der Waals surface area contributed by atoms with E-state index in [9.17, 15) is 9.18 Å². The van der Waals surface area contributed by atoms with Gasteiger partial charge in [0.05, 0.1) is 5.69 Å². The molecule has 5 heteroatoms. The Morgan fingerprint density at radius 3 is 2.83 bits per heavy atom. The van der Waals surface area contributed by atoms with Crippen LogP contribution >= 0.6 is 0 Å². The van der Waals surface area contributed by atoms with Gasteiger partial charge in [-0.05, 0) is 48.9 Å². The van der Waals surface area contributed by atoms with E-state index >= 15 is 0 Å². The van der Waals surface area contributed by atoms with Gasteiger partial charge in [0.15, 0.2) is 0 Å². The van der Waals surface area contributed by atoms with E-state index in [4.69, 9.17) is 4.42 Å². The van der Waals surface area contributed by atoms with Crippen molar-refractivity contribution in [2.24, 2.45) is 11.8 Å². The number of oxazole rings is 1. The maximum Gasteiger partial charge on any atom is 0.226 e. The average Bonchev–Trinajstić information content (AvgIpc) is 3.28. The number of amides is 1. The van der Waals surface area contributed by atoms with E-state index < -0.39 is 0 Å². The Kier molecular flexibility index (Phi) is 4.74. The third-order valence-corrected chi connectivity index (χ3v) is 4.28. The highest BCUT2D eigenvalue weighted by molar-refractivity contribution is 5.76. The molecule has 0 saturated heterocycles. The van der Waals surface area contributed by atoms with Crippen molar-refractivity contribution in [1.29, 1.82) is 0 Å². The zero-order valence-electron chi connectivity index (χ0n) is 13.2. The largest absolute Gasteiger partial charge is 0.444 e. The SMILES string of the molecule is C[C@@H](CC(=O)NCCc1coc(-c2ccc(F)cc2)n1)C1CC1. The molecule has 1 heterocycles. The number of benzene rings is 1. The number of aromatic nitrogens is 1. The molecular formula is C18H21FN2O2. The van der Waals surface area contributed by atoms with E-state index in [-0.39, 0.29) is 11.7 Å². The number of halogens is 1. The summed E-state index contributed by atoms with van der Waals surface area (Å²) in [6.45, 7) is 2.69. The lowest BCUT2D eigenvalue weighted by Crippen LogP contribution is -2.27. The molecule has 1 aromatic heterocycles. The van der Waals surface area contributed by atoms with Crippen molar-refractivity contribution in [2.75, 3.05) is 6.54 Å². The van der Waals surface area contributed by atoms with Crippen LogP contribution in [0.1, 0.15) is 31.9 Å². The van der Waals surface area contributed by atoms with Gasteiger partial charge in [0.25, 0.3) is 0 Å². The minimum atomic E-state index is -0.288. The van der Waals surface area contributed by atoms with Gasteiger partial charge in [-0.3, -0.25) is 4.79 Å². The van der Waals surface area contributed by atoms with Crippen LogP contribution in [0, 0.1) is 17.7 Å². The van der Waals surface area contributed by atoms with Gasteiger partial charge in [0.2, 0.25) is 11.8 Å². The Bertz CT molecular complexity index is 662. The van der Waals surface area contributed by atoms with E-state index in [2.05, 4.69) is 17.2 Å². The summed E-state index contributed by atoms with van der Waals surface area (Å²) in [4.78, 5) is 16.2. The van der Waals surface area contributed by atoms with E-state index in [1.54, 1.807) is 18.4 Å². The lowest BCUT2D eigenvalue weighted by Gasteiger charge is -2.09. The summed E-state index contributed by atoms with van der Waals surface area (Å²) in [7, 11) is 0. The zero-order valence-corrected chi connectivity index (χ0v) is 13.2. The number of carbonyl (C=O) groups is 1. The van der Waals surface area contributed by atoms with Gasteiger partial charge in [0.1, 0.15) is 12.1 Å². The van der Waals surface area contributed by atoms with Crippen molar-refractivity contribution in [3.63, 3.8) is 0 Å². The first-order valence-corrected chi connectivity index (χ1v) is 8.09. The summed E-state index contributed by atoms with van der Waals surface area (Å²) < 4.78 is 18.3. The number of nitrogens with one attached hydrogen (secondary N) is 1. The first-order valence-electron chi connectivity index (χ1n) is 8.09. The standard InChI is InChI=1S/C18H21FN2O2/c1-12(13-2-3-13)10-17(22)20-9-8-16-11-23-18(21-16)14-4-6-15(19)7-5-14/h4-7,11-13H,2-3,8-10H2,1H3,(H,20,22)/t12-/m0/s1. The van der Waals surface area contributed by atoms with Crippen molar-refractivity contribution >= 4 is 5.91 Å². The fourth-order valence-electron chi connectivity index (χ4n) is 2.67. The fourth-order valence-corrected chi connectivity index (χ4v) is 2.67. The molecule has 1 aliphatic rings. The Balaban J connectivity index is 1.45. The molecule has 1 N–H and O–H groups in total. The zero-order chi connectivity index (χ0) is 16.2. The number of hydrogen-bond donors (Lipinski definition) is 1. The van der Waals surface area contributed by atoms with Crippen LogP contribution in [0.4, 0.5) is 4.39 Å². The molecule has 1 aliphatic carbocycles. The van der Waals surface area contributed by atoms with Crippen molar-refractivity contribution in [3.05, 3.63) is 42.0 Å². The molecule has 0 radical (unpaired) electrons. The Labute approximate surface area is 135 Å². The third kappa shape index (κ3) is 4.41. The predicted octanol–water partition coefficient (Wildman–Crippen LogP) is 3.58. The van der Waals surface area contributed by atoms with Crippen molar-refractivity contribution in [1.82, 2.24) is 10.3 Å². The van der Waals surface area contributed by atoms with Crippen LogP contribution in [0.5, 0.6) is 0 Å². The second-order valence-electron chi connectivity index (χ2n) is 6.27. The Hall–Kier alpha value is -2.17. The maximum atomic E-state index is 12.9. The monoisotopic (exact) mass is 316 g/mol. The average molecular weight is 316 g/mol. The smallest absolute Gasteiger partial charge is 0.226 e. The summed E-state index contributed by atoms with van der Waals surface area (Å²) in [5.41, 5.74) is 1.51. The lowest BCUT2D eigenvalue weighted by molar-refractivity contribution is -0.122. The number of hydrogen-bond acceptors (Lipinski definition) is 3. The molecule has 1 saturated carbocycles. The van der Waals surface area contributed by atoms with Gasteiger partial charge in [0, 0.05) is 24.9 Å². The van der Waals surface area contributed by atoms with Gasteiger partial charge >= 0.3 is 0 Å². The van der Waals surface area contributed by atoms with E-state index in [0.717, 1.165) is 17.2 Å². The minimum absolute atomic E-state index is 0.103. The van der Waals surface area contributed by atoms with Crippen LogP contribution in [0.25, 0.3) is 11.5 Å². The molecule has 0 aliphatic heterocycles. The van der Waals surface area contributed by atoms with E-state index in [1.807, 2.05) is 0 Å². The van der Waals surface area contributed by atoms with Gasteiger partial charge < -0.3 is 9.73 Å². The molecule has 0 bridgehead atoms. The molecule has 3 rings (SSSR count). The highest BCUT2D eigenvalue weighted by Crippen LogP contribution is 2.37. The Morgan fingerprint density at radius 2 is 2.13 bits per heavy atom. The number of carbonyl (C=O) groups excluding carboxylic acids is 1. The molecule has 122 valence electrons. The normalized spacial score (nSPS) is 15.4. The van der Waals surface area contributed by atoms with Crippen molar-refractivity contribution in [3.8, 4) is 11.5 Å². The first-order chi connectivity index (χ1) is 11.1. The van der Waals surface area contributed by atoms with Crippen LogP contribution in [0.15, 0.2) is 34.9 Å². The Morgan fingerprint density at radius 1 is 1.39 bits per heavy atom. The van der Waals surface area contributed by atoms with Gasteiger partial charge in [-0.2, -0.15) is 0 Å². The summed E-state index contributed by atoms with van der Waals surface area (Å²) in [6.07, 6.45) is 5.33. The lowest BCUT2D eigenvalue weighted by atomic mass is 10.0. The number of nitrogens with zero attached hydrogens (tertiary/aromatic N) is 1. The second-order valence-corrected chi connectivity index (χ2v) is 6.27. The first kappa shape index (κ1) is 15.7. The quantitative estimate of drug-likeness (QED) is 0.849. The molecule has 0 spiro atoms. The van der Waals surface area contributed by atoms with Gasteiger partial charge in [-0.15, -0.1) is 0 Å². The predicted molar refractivity (Wildman–Crippen MR) is 85.1 cm³/mol. The number of rotatable bonds is 7. The van der Waals surface area contributed by atoms with Crippen molar-refractivity contribution in [2.45, 2.75) is 32.6 Å². The van der Waals surface area contributed by atoms with Crippen LogP contribution < -0.4 is 5.32 Å². The molecule has 1 amide bonds. The highest BCUT2D eigenvalue weighted by atomic mass is 19.1. The maximum absolute atomic E-state index is 12.9.